The van der Waals surface area contributed by atoms with Crippen molar-refractivity contribution in [1.82, 2.24) is 10.2 Å². The van der Waals surface area contributed by atoms with E-state index in [0.29, 0.717) is 25.6 Å². The lowest BCUT2D eigenvalue weighted by Crippen LogP contribution is -2.38. The summed E-state index contributed by atoms with van der Waals surface area (Å²) in [4.78, 5) is 26.7. The number of hydrogen-bond acceptors (Lipinski definition) is 3. The third-order valence-electron chi connectivity index (χ3n) is 5.13. The zero-order chi connectivity index (χ0) is 19.6. The Kier molecular flexibility index (Phi) is 8.79. The van der Waals surface area contributed by atoms with Gasteiger partial charge in [-0.25, -0.2) is 0 Å². The van der Waals surface area contributed by atoms with E-state index in [9.17, 15) is 9.59 Å². The highest BCUT2D eigenvalue weighted by Gasteiger charge is 2.30. The number of amides is 2. The van der Waals surface area contributed by atoms with Crippen LogP contribution < -0.4 is 10.6 Å². The molecule has 0 spiro atoms. The molecule has 0 aliphatic heterocycles. The van der Waals surface area contributed by atoms with E-state index < -0.39 is 0 Å². The van der Waals surface area contributed by atoms with Gasteiger partial charge < -0.3 is 10.6 Å². The number of anilines is 1. The van der Waals surface area contributed by atoms with E-state index in [2.05, 4.69) is 22.5 Å². The summed E-state index contributed by atoms with van der Waals surface area (Å²) in [6.07, 6.45) is 7.34. The molecule has 0 bridgehead atoms. The molecular weight excluding hydrogens is 338 g/mol. The monoisotopic (exact) mass is 373 g/mol. The van der Waals surface area contributed by atoms with E-state index in [4.69, 9.17) is 0 Å². The van der Waals surface area contributed by atoms with Crippen molar-refractivity contribution in [2.24, 2.45) is 0 Å². The normalized spacial score (nSPS) is 13.6. The van der Waals surface area contributed by atoms with Gasteiger partial charge in [-0.15, -0.1) is 0 Å². The average molecular weight is 374 g/mol. The summed E-state index contributed by atoms with van der Waals surface area (Å²) >= 11 is 0. The first-order valence-corrected chi connectivity index (χ1v) is 10.4. The van der Waals surface area contributed by atoms with Crippen molar-refractivity contribution in [2.75, 3.05) is 25.0 Å². The maximum absolute atomic E-state index is 12.5. The zero-order valence-corrected chi connectivity index (χ0v) is 17.1. The van der Waals surface area contributed by atoms with Gasteiger partial charge in [0.1, 0.15) is 0 Å². The molecule has 1 fully saturated rings. The van der Waals surface area contributed by atoms with E-state index in [1.807, 2.05) is 32.0 Å². The Balaban J connectivity index is 1.75. The van der Waals surface area contributed by atoms with Crippen LogP contribution in [0.2, 0.25) is 0 Å². The van der Waals surface area contributed by atoms with Crippen LogP contribution in [0.1, 0.15) is 63.0 Å². The van der Waals surface area contributed by atoms with Crippen molar-refractivity contribution < 1.29 is 9.59 Å². The summed E-state index contributed by atoms with van der Waals surface area (Å²) in [5.41, 5.74) is 3.05. The molecule has 0 radical (unpaired) electrons. The lowest BCUT2D eigenvalue weighted by molar-refractivity contribution is -0.122. The van der Waals surface area contributed by atoms with Gasteiger partial charge in [-0.05, 0) is 44.2 Å². The molecule has 27 heavy (non-hydrogen) atoms. The number of carbonyl (C=O) groups is 2. The van der Waals surface area contributed by atoms with Gasteiger partial charge in [-0.1, -0.05) is 44.4 Å². The van der Waals surface area contributed by atoms with Crippen molar-refractivity contribution >= 4 is 17.5 Å². The number of rotatable bonds is 12. The van der Waals surface area contributed by atoms with Gasteiger partial charge in [0.05, 0.1) is 6.54 Å². The van der Waals surface area contributed by atoms with Crippen molar-refractivity contribution in [3.63, 3.8) is 0 Å². The van der Waals surface area contributed by atoms with Crippen LogP contribution in [0.4, 0.5) is 5.69 Å². The molecule has 5 heteroatoms. The lowest BCUT2D eigenvalue weighted by Gasteiger charge is -2.22. The highest BCUT2D eigenvalue weighted by Crippen LogP contribution is 2.27. The molecule has 2 rings (SSSR count). The number of nitrogens with zero attached hydrogens (tertiary/aromatic N) is 1. The summed E-state index contributed by atoms with van der Waals surface area (Å²) in [5.74, 6) is 0.0894. The minimum absolute atomic E-state index is 0.000672. The van der Waals surface area contributed by atoms with Gasteiger partial charge in [-0.3, -0.25) is 14.5 Å². The fraction of sp³-hybridized carbons (Fsp3) is 0.636. The Labute approximate surface area is 163 Å². The van der Waals surface area contributed by atoms with Crippen molar-refractivity contribution in [1.29, 1.82) is 0 Å². The molecule has 2 N–H and O–H groups in total. The second kappa shape index (κ2) is 11.1. The SMILES string of the molecule is CCCCCCNC(=O)CCN(CC(=O)Nc1c(C)cccc1C)C1CC1. The topological polar surface area (TPSA) is 61.4 Å². The molecule has 5 nitrogen and oxygen atoms in total. The Morgan fingerprint density at radius 3 is 2.41 bits per heavy atom. The largest absolute Gasteiger partial charge is 0.356 e. The van der Waals surface area contributed by atoms with Crippen LogP contribution >= 0.6 is 0 Å². The number of benzene rings is 1. The lowest BCUT2D eigenvalue weighted by atomic mass is 10.1. The Bertz CT molecular complexity index is 606. The zero-order valence-electron chi connectivity index (χ0n) is 17.1. The van der Waals surface area contributed by atoms with Crippen LogP contribution in [-0.2, 0) is 9.59 Å². The minimum atomic E-state index is -0.000672. The molecule has 0 heterocycles. The fourth-order valence-electron chi connectivity index (χ4n) is 3.32. The molecule has 0 saturated heterocycles. The van der Waals surface area contributed by atoms with Gasteiger partial charge in [-0.2, -0.15) is 0 Å². The predicted molar refractivity (Wildman–Crippen MR) is 111 cm³/mol. The number of carbonyl (C=O) groups excluding carboxylic acids is 2. The number of aryl methyl sites for hydroxylation is 2. The molecule has 1 aromatic carbocycles. The van der Waals surface area contributed by atoms with E-state index in [1.54, 1.807) is 0 Å². The maximum atomic E-state index is 12.5. The number of hydrogen-bond donors (Lipinski definition) is 2. The molecule has 150 valence electrons. The van der Waals surface area contributed by atoms with E-state index in [-0.39, 0.29) is 11.8 Å². The minimum Gasteiger partial charge on any atom is -0.356 e. The summed E-state index contributed by atoms with van der Waals surface area (Å²) in [6, 6.07) is 6.46. The third kappa shape index (κ3) is 7.71. The van der Waals surface area contributed by atoms with Crippen LogP contribution in [0.3, 0.4) is 0 Å². The van der Waals surface area contributed by atoms with Crippen LogP contribution in [0.5, 0.6) is 0 Å². The quantitative estimate of drug-likeness (QED) is 0.548. The Morgan fingerprint density at radius 2 is 1.78 bits per heavy atom. The van der Waals surface area contributed by atoms with E-state index in [0.717, 1.165) is 42.6 Å². The molecule has 0 unspecified atom stereocenters. The molecule has 2 amide bonds. The number of para-hydroxylation sites is 1. The molecule has 1 aliphatic rings. The molecular formula is C22H35N3O2. The summed E-state index contributed by atoms with van der Waals surface area (Å²) in [7, 11) is 0. The molecule has 1 aromatic rings. The second-order valence-electron chi connectivity index (χ2n) is 7.68. The van der Waals surface area contributed by atoms with Crippen LogP contribution in [0, 0.1) is 13.8 Å². The summed E-state index contributed by atoms with van der Waals surface area (Å²) < 4.78 is 0. The highest BCUT2D eigenvalue weighted by atomic mass is 16.2. The van der Waals surface area contributed by atoms with Gasteiger partial charge in [0.2, 0.25) is 11.8 Å². The van der Waals surface area contributed by atoms with E-state index >= 15 is 0 Å². The maximum Gasteiger partial charge on any atom is 0.238 e. The van der Waals surface area contributed by atoms with Gasteiger partial charge in [0.25, 0.3) is 0 Å². The molecule has 0 atom stereocenters. The predicted octanol–water partition coefficient (Wildman–Crippen LogP) is 3.79. The first-order valence-electron chi connectivity index (χ1n) is 10.4. The van der Waals surface area contributed by atoms with Crippen molar-refractivity contribution in [3.8, 4) is 0 Å². The van der Waals surface area contributed by atoms with Gasteiger partial charge >= 0.3 is 0 Å². The second-order valence-corrected chi connectivity index (χ2v) is 7.68. The molecule has 0 aromatic heterocycles. The fourth-order valence-corrected chi connectivity index (χ4v) is 3.32. The van der Waals surface area contributed by atoms with Gasteiger partial charge in [0.15, 0.2) is 0 Å². The Hall–Kier alpha value is -1.88. The first kappa shape index (κ1) is 21.4. The Morgan fingerprint density at radius 1 is 1.07 bits per heavy atom. The third-order valence-corrected chi connectivity index (χ3v) is 5.13. The number of unbranched alkanes of at least 4 members (excludes halogenated alkanes) is 3. The van der Waals surface area contributed by atoms with Crippen LogP contribution in [-0.4, -0.2) is 42.4 Å². The van der Waals surface area contributed by atoms with Gasteiger partial charge in [0, 0.05) is 31.2 Å². The standard InChI is InChI=1S/C22H35N3O2/c1-4-5-6-7-14-23-20(26)13-15-25(19-11-12-19)16-21(27)24-22-17(2)9-8-10-18(22)3/h8-10,19H,4-7,11-16H2,1-3H3,(H,23,26)(H,24,27). The summed E-state index contributed by atoms with van der Waals surface area (Å²) in [6.45, 7) is 7.95. The first-order chi connectivity index (χ1) is 13.0. The van der Waals surface area contributed by atoms with Crippen molar-refractivity contribution in [3.05, 3.63) is 29.3 Å². The van der Waals surface area contributed by atoms with Crippen LogP contribution in [0.25, 0.3) is 0 Å². The summed E-state index contributed by atoms with van der Waals surface area (Å²) in [5, 5.41) is 6.05. The molecule has 1 saturated carbocycles. The van der Waals surface area contributed by atoms with E-state index in [1.165, 1.54) is 19.3 Å². The number of nitrogens with one attached hydrogen (secondary N) is 2. The van der Waals surface area contributed by atoms with Crippen molar-refractivity contribution in [2.45, 2.75) is 71.8 Å². The average Bonchev–Trinajstić information content (AvgIpc) is 3.47. The smallest absolute Gasteiger partial charge is 0.238 e. The molecule has 1 aliphatic carbocycles. The highest BCUT2D eigenvalue weighted by molar-refractivity contribution is 5.93. The van der Waals surface area contributed by atoms with Crippen LogP contribution in [0.15, 0.2) is 18.2 Å².